The van der Waals surface area contributed by atoms with Crippen molar-refractivity contribution in [2.24, 2.45) is 5.73 Å². The molecule has 2 heterocycles. The van der Waals surface area contributed by atoms with E-state index < -0.39 is 0 Å². The molecular weight excluding hydrogens is 258 g/mol. The average molecular weight is 277 g/mol. The predicted octanol–water partition coefficient (Wildman–Crippen LogP) is -0.169. The van der Waals surface area contributed by atoms with Crippen molar-refractivity contribution in [3.05, 3.63) is 23.8 Å². The molecule has 2 aliphatic heterocycles. The van der Waals surface area contributed by atoms with Gasteiger partial charge in [-0.3, -0.25) is 4.79 Å². The minimum atomic E-state index is -0.000997. The number of benzene rings is 1. The average Bonchev–Trinajstić information content (AvgIpc) is 2.53. The van der Waals surface area contributed by atoms with Crippen molar-refractivity contribution in [3.63, 3.8) is 0 Å². The third-order valence-electron chi connectivity index (χ3n) is 3.67. The monoisotopic (exact) mass is 277 g/mol. The summed E-state index contributed by atoms with van der Waals surface area (Å²) < 4.78 is 11.0. The van der Waals surface area contributed by atoms with Gasteiger partial charge in [0, 0.05) is 31.7 Å². The number of nitrogens with one attached hydrogen (secondary N) is 1. The van der Waals surface area contributed by atoms with E-state index in [9.17, 15) is 4.79 Å². The van der Waals surface area contributed by atoms with Gasteiger partial charge >= 0.3 is 0 Å². The molecule has 1 atom stereocenters. The van der Waals surface area contributed by atoms with Crippen LogP contribution in [-0.2, 0) is 0 Å². The fourth-order valence-corrected chi connectivity index (χ4v) is 2.58. The molecule has 1 unspecified atom stereocenters. The minimum Gasteiger partial charge on any atom is -0.486 e. The summed E-state index contributed by atoms with van der Waals surface area (Å²) in [7, 11) is 0. The van der Waals surface area contributed by atoms with E-state index in [0.717, 1.165) is 13.1 Å². The van der Waals surface area contributed by atoms with Crippen LogP contribution in [0.15, 0.2) is 18.2 Å². The minimum absolute atomic E-state index is 0.000997. The molecule has 1 aromatic rings. The van der Waals surface area contributed by atoms with Gasteiger partial charge < -0.3 is 25.4 Å². The van der Waals surface area contributed by atoms with Crippen molar-refractivity contribution >= 4 is 5.91 Å². The number of nitrogens with two attached hydrogens (primary N) is 1. The Hall–Kier alpha value is -1.79. The molecule has 6 heteroatoms. The molecule has 3 N–H and O–H groups in total. The highest BCUT2D eigenvalue weighted by molar-refractivity contribution is 5.95. The maximum atomic E-state index is 12.6. The Morgan fingerprint density at radius 1 is 1.35 bits per heavy atom. The van der Waals surface area contributed by atoms with Crippen LogP contribution in [0.25, 0.3) is 0 Å². The number of hydrogen-bond acceptors (Lipinski definition) is 5. The van der Waals surface area contributed by atoms with Gasteiger partial charge in [-0.1, -0.05) is 0 Å². The number of ether oxygens (including phenoxy) is 2. The molecular formula is C14H19N3O3. The Morgan fingerprint density at radius 3 is 2.95 bits per heavy atom. The summed E-state index contributed by atoms with van der Waals surface area (Å²) in [4.78, 5) is 14.4. The van der Waals surface area contributed by atoms with E-state index in [-0.39, 0.29) is 11.9 Å². The zero-order valence-electron chi connectivity index (χ0n) is 11.3. The highest BCUT2D eigenvalue weighted by atomic mass is 16.6. The molecule has 0 saturated carbocycles. The maximum absolute atomic E-state index is 12.6. The molecule has 1 fully saturated rings. The number of piperazine rings is 1. The first-order valence-corrected chi connectivity index (χ1v) is 6.91. The van der Waals surface area contributed by atoms with E-state index >= 15 is 0 Å². The third kappa shape index (κ3) is 2.44. The normalized spacial score (nSPS) is 21.6. The van der Waals surface area contributed by atoms with Gasteiger partial charge in [-0.25, -0.2) is 0 Å². The van der Waals surface area contributed by atoms with Crippen LogP contribution in [0, 0.1) is 0 Å². The number of carbonyl (C=O) groups excluding carboxylic acids is 1. The molecule has 0 radical (unpaired) electrons. The molecule has 0 bridgehead atoms. The number of hydrogen-bond donors (Lipinski definition) is 2. The summed E-state index contributed by atoms with van der Waals surface area (Å²) in [6, 6.07) is 5.38. The van der Waals surface area contributed by atoms with E-state index in [1.165, 1.54) is 0 Å². The van der Waals surface area contributed by atoms with Gasteiger partial charge in [0.15, 0.2) is 11.5 Å². The fraction of sp³-hybridized carbons (Fsp3) is 0.500. The van der Waals surface area contributed by atoms with Crippen LogP contribution in [0.5, 0.6) is 11.5 Å². The van der Waals surface area contributed by atoms with Crippen molar-refractivity contribution in [1.29, 1.82) is 0 Å². The van der Waals surface area contributed by atoms with Gasteiger partial charge in [0.2, 0.25) is 0 Å². The second-order valence-corrected chi connectivity index (χ2v) is 4.95. The SMILES string of the molecule is NCC1CNCCN1C(=O)c1ccc2c(c1)OCCO2. The van der Waals surface area contributed by atoms with E-state index in [1.807, 2.05) is 4.90 Å². The molecule has 1 saturated heterocycles. The second-order valence-electron chi connectivity index (χ2n) is 4.95. The van der Waals surface area contributed by atoms with Crippen molar-refractivity contribution in [2.45, 2.75) is 6.04 Å². The van der Waals surface area contributed by atoms with E-state index in [1.54, 1.807) is 18.2 Å². The van der Waals surface area contributed by atoms with Crippen molar-refractivity contribution in [3.8, 4) is 11.5 Å². The molecule has 1 aromatic carbocycles. The largest absolute Gasteiger partial charge is 0.486 e. The van der Waals surface area contributed by atoms with Gasteiger partial charge in [-0.15, -0.1) is 0 Å². The molecule has 0 spiro atoms. The standard InChI is InChI=1S/C14H19N3O3/c15-8-11-9-16-3-4-17(11)14(18)10-1-2-12-13(7-10)20-6-5-19-12/h1-2,7,11,16H,3-6,8-9,15H2. The lowest BCUT2D eigenvalue weighted by atomic mass is 10.1. The summed E-state index contributed by atoms with van der Waals surface area (Å²) in [6.07, 6.45) is 0. The Bertz CT molecular complexity index is 506. The molecule has 108 valence electrons. The molecule has 0 aromatic heterocycles. The van der Waals surface area contributed by atoms with E-state index in [0.29, 0.717) is 43.4 Å². The third-order valence-corrected chi connectivity index (χ3v) is 3.67. The quantitative estimate of drug-likeness (QED) is 0.785. The fourth-order valence-electron chi connectivity index (χ4n) is 2.58. The second kappa shape index (κ2) is 5.68. The van der Waals surface area contributed by atoms with Crippen LogP contribution in [0.1, 0.15) is 10.4 Å². The van der Waals surface area contributed by atoms with Crippen LogP contribution in [-0.4, -0.2) is 56.2 Å². The van der Waals surface area contributed by atoms with Crippen LogP contribution in [0.2, 0.25) is 0 Å². The Kier molecular flexibility index (Phi) is 3.75. The van der Waals surface area contributed by atoms with Crippen LogP contribution in [0.3, 0.4) is 0 Å². The lowest BCUT2D eigenvalue weighted by Gasteiger charge is -2.35. The summed E-state index contributed by atoms with van der Waals surface area (Å²) in [5, 5.41) is 3.25. The molecule has 3 rings (SSSR count). The first-order chi connectivity index (χ1) is 9.79. The summed E-state index contributed by atoms with van der Waals surface area (Å²) in [6.45, 7) is 3.75. The van der Waals surface area contributed by atoms with Crippen LogP contribution >= 0.6 is 0 Å². The van der Waals surface area contributed by atoms with E-state index in [2.05, 4.69) is 5.32 Å². The van der Waals surface area contributed by atoms with Crippen molar-refractivity contribution in [2.75, 3.05) is 39.4 Å². The Morgan fingerprint density at radius 2 is 2.15 bits per heavy atom. The molecule has 20 heavy (non-hydrogen) atoms. The Balaban J connectivity index is 1.82. The lowest BCUT2D eigenvalue weighted by Crippen LogP contribution is -2.56. The molecule has 2 aliphatic rings. The highest BCUT2D eigenvalue weighted by Crippen LogP contribution is 2.31. The zero-order valence-corrected chi connectivity index (χ0v) is 11.3. The number of carbonyl (C=O) groups is 1. The van der Waals surface area contributed by atoms with Gasteiger partial charge in [0.05, 0.1) is 6.04 Å². The number of amides is 1. The first kappa shape index (κ1) is 13.2. The van der Waals surface area contributed by atoms with E-state index in [4.69, 9.17) is 15.2 Å². The predicted molar refractivity (Wildman–Crippen MR) is 74.2 cm³/mol. The number of nitrogens with zero attached hydrogens (tertiary/aromatic N) is 1. The smallest absolute Gasteiger partial charge is 0.254 e. The van der Waals surface area contributed by atoms with Gasteiger partial charge in [0.25, 0.3) is 5.91 Å². The zero-order chi connectivity index (χ0) is 13.9. The number of fused-ring (bicyclic) bond motifs is 1. The highest BCUT2D eigenvalue weighted by Gasteiger charge is 2.27. The van der Waals surface area contributed by atoms with Crippen LogP contribution < -0.4 is 20.5 Å². The van der Waals surface area contributed by atoms with Gasteiger partial charge in [-0.2, -0.15) is 0 Å². The summed E-state index contributed by atoms with van der Waals surface area (Å²) in [5.74, 6) is 1.34. The Labute approximate surface area is 117 Å². The number of rotatable bonds is 2. The summed E-state index contributed by atoms with van der Waals surface area (Å²) >= 11 is 0. The van der Waals surface area contributed by atoms with Gasteiger partial charge in [-0.05, 0) is 18.2 Å². The molecule has 1 amide bonds. The molecule has 0 aliphatic carbocycles. The van der Waals surface area contributed by atoms with Crippen LogP contribution in [0.4, 0.5) is 0 Å². The van der Waals surface area contributed by atoms with Crippen molar-refractivity contribution < 1.29 is 14.3 Å². The topological polar surface area (TPSA) is 76.8 Å². The van der Waals surface area contributed by atoms with Crippen molar-refractivity contribution in [1.82, 2.24) is 10.2 Å². The first-order valence-electron chi connectivity index (χ1n) is 6.91. The van der Waals surface area contributed by atoms with Gasteiger partial charge in [0.1, 0.15) is 13.2 Å². The lowest BCUT2D eigenvalue weighted by molar-refractivity contribution is 0.0643. The molecule has 6 nitrogen and oxygen atoms in total. The maximum Gasteiger partial charge on any atom is 0.254 e. The summed E-state index contributed by atoms with van der Waals surface area (Å²) in [5.41, 5.74) is 6.36.